The summed E-state index contributed by atoms with van der Waals surface area (Å²) in [5.41, 5.74) is 0. The third kappa shape index (κ3) is 5.35. The van der Waals surface area contributed by atoms with Crippen molar-refractivity contribution >= 4 is 17.5 Å². The van der Waals surface area contributed by atoms with Crippen molar-refractivity contribution in [1.29, 1.82) is 0 Å². The van der Waals surface area contributed by atoms with Gasteiger partial charge in [0.25, 0.3) is 0 Å². The first kappa shape index (κ1) is 11.1. The Bertz CT molecular complexity index is 150. The van der Waals surface area contributed by atoms with E-state index in [1.165, 1.54) is 37.9 Å². The Morgan fingerprint density at radius 3 is 2.62 bits per heavy atom. The van der Waals surface area contributed by atoms with Gasteiger partial charge in [-0.05, 0) is 38.4 Å². The number of unbranched alkanes of at least 4 members (excludes halogenated alkanes) is 1. The lowest BCUT2D eigenvalue weighted by Crippen LogP contribution is -1.96. The molecule has 0 aromatic rings. The summed E-state index contributed by atoms with van der Waals surface area (Å²) in [6, 6.07) is 0. The molecule has 0 amide bonds. The number of ketones is 1. The average molecular weight is 200 g/mol. The highest BCUT2D eigenvalue weighted by Gasteiger charge is 2.14. The van der Waals surface area contributed by atoms with Crippen LogP contribution in [-0.2, 0) is 4.79 Å². The molecule has 0 aromatic carbocycles. The molecule has 1 saturated carbocycles. The largest absolute Gasteiger partial charge is 0.300 e. The van der Waals surface area contributed by atoms with Gasteiger partial charge in [0.15, 0.2) is 0 Å². The number of hydrogen-bond acceptors (Lipinski definition) is 2. The maximum absolute atomic E-state index is 10.7. The molecule has 13 heavy (non-hydrogen) atoms. The van der Waals surface area contributed by atoms with Gasteiger partial charge in [0.1, 0.15) is 5.78 Å². The quantitative estimate of drug-likeness (QED) is 0.611. The van der Waals surface area contributed by atoms with Crippen molar-refractivity contribution in [2.45, 2.75) is 57.1 Å². The Morgan fingerprint density at radius 2 is 2.00 bits per heavy atom. The van der Waals surface area contributed by atoms with Gasteiger partial charge in [-0.25, -0.2) is 0 Å². The van der Waals surface area contributed by atoms with E-state index in [0.717, 1.165) is 18.1 Å². The third-order valence-corrected chi connectivity index (χ3v) is 4.05. The zero-order valence-corrected chi connectivity index (χ0v) is 9.37. The van der Waals surface area contributed by atoms with E-state index in [1.807, 2.05) is 0 Å². The van der Waals surface area contributed by atoms with Gasteiger partial charge in [-0.3, -0.25) is 0 Å². The van der Waals surface area contributed by atoms with Crippen LogP contribution in [0.25, 0.3) is 0 Å². The molecule has 0 spiro atoms. The van der Waals surface area contributed by atoms with Crippen LogP contribution in [0, 0.1) is 0 Å². The van der Waals surface area contributed by atoms with Crippen LogP contribution in [0.4, 0.5) is 0 Å². The van der Waals surface area contributed by atoms with Gasteiger partial charge in [0.05, 0.1) is 0 Å². The fourth-order valence-electron chi connectivity index (χ4n) is 1.78. The van der Waals surface area contributed by atoms with Crippen LogP contribution in [0.5, 0.6) is 0 Å². The summed E-state index contributed by atoms with van der Waals surface area (Å²) in [4.78, 5) is 10.7. The Labute approximate surface area is 85.7 Å². The van der Waals surface area contributed by atoms with Gasteiger partial charge < -0.3 is 4.79 Å². The molecular weight excluding hydrogens is 180 g/mol. The van der Waals surface area contributed by atoms with Gasteiger partial charge in [-0.15, -0.1) is 0 Å². The fraction of sp³-hybridized carbons (Fsp3) is 0.909. The van der Waals surface area contributed by atoms with Gasteiger partial charge in [-0.1, -0.05) is 12.8 Å². The number of thioether (sulfide) groups is 1. The van der Waals surface area contributed by atoms with Crippen molar-refractivity contribution in [3.8, 4) is 0 Å². The first-order chi connectivity index (χ1) is 6.29. The highest BCUT2D eigenvalue weighted by molar-refractivity contribution is 7.99. The van der Waals surface area contributed by atoms with Crippen molar-refractivity contribution in [3.63, 3.8) is 0 Å². The van der Waals surface area contributed by atoms with Crippen molar-refractivity contribution in [2.24, 2.45) is 0 Å². The number of hydrogen-bond donors (Lipinski definition) is 0. The first-order valence-corrected chi connectivity index (χ1v) is 6.45. The lowest BCUT2D eigenvalue weighted by molar-refractivity contribution is -0.117. The minimum Gasteiger partial charge on any atom is -0.300 e. The summed E-state index contributed by atoms with van der Waals surface area (Å²) in [7, 11) is 0. The second kappa shape index (κ2) is 6.47. The zero-order valence-electron chi connectivity index (χ0n) is 8.55. The van der Waals surface area contributed by atoms with Crippen molar-refractivity contribution in [3.05, 3.63) is 0 Å². The molecule has 0 saturated heterocycles. The monoisotopic (exact) mass is 200 g/mol. The molecule has 0 atom stereocenters. The molecule has 1 aliphatic rings. The maximum Gasteiger partial charge on any atom is 0.129 e. The van der Waals surface area contributed by atoms with Crippen LogP contribution >= 0.6 is 11.8 Å². The lowest BCUT2D eigenvalue weighted by Gasteiger charge is -2.07. The summed E-state index contributed by atoms with van der Waals surface area (Å²) in [6.45, 7) is 1.68. The Kier molecular flexibility index (Phi) is 5.52. The first-order valence-electron chi connectivity index (χ1n) is 5.40. The van der Waals surface area contributed by atoms with E-state index < -0.39 is 0 Å². The molecular formula is C11H20OS. The zero-order chi connectivity index (χ0) is 9.52. The van der Waals surface area contributed by atoms with Crippen LogP contribution < -0.4 is 0 Å². The topological polar surface area (TPSA) is 17.1 Å². The Balaban J connectivity index is 1.86. The fourth-order valence-corrected chi connectivity index (χ4v) is 3.15. The van der Waals surface area contributed by atoms with Crippen LogP contribution in [0.1, 0.15) is 51.9 Å². The number of Topliss-reactive ketones (excluding diaryl/α,β-unsaturated/α-hetero) is 1. The van der Waals surface area contributed by atoms with E-state index in [9.17, 15) is 4.79 Å². The maximum atomic E-state index is 10.7. The number of rotatable bonds is 6. The van der Waals surface area contributed by atoms with Crippen LogP contribution in [0.15, 0.2) is 0 Å². The van der Waals surface area contributed by atoms with E-state index in [2.05, 4.69) is 11.8 Å². The van der Waals surface area contributed by atoms with E-state index in [0.29, 0.717) is 5.78 Å². The molecule has 2 heteroatoms. The molecule has 0 aromatic heterocycles. The summed E-state index contributed by atoms with van der Waals surface area (Å²) >= 11 is 2.12. The average Bonchev–Trinajstić information content (AvgIpc) is 2.55. The SMILES string of the molecule is CC(=O)CCCCSC1CCCC1. The standard InChI is InChI=1S/C11H20OS/c1-10(12)6-4-5-9-13-11-7-2-3-8-11/h11H,2-9H2,1H3. The van der Waals surface area contributed by atoms with Gasteiger partial charge in [0, 0.05) is 11.7 Å². The van der Waals surface area contributed by atoms with Gasteiger partial charge in [-0.2, -0.15) is 11.8 Å². The van der Waals surface area contributed by atoms with Crippen LogP contribution in [0.2, 0.25) is 0 Å². The molecule has 0 unspecified atom stereocenters. The normalized spacial score (nSPS) is 17.9. The van der Waals surface area contributed by atoms with Crippen LogP contribution in [0.3, 0.4) is 0 Å². The molecule has 0 bridgehead atoms. The lowest BCUT2D eigenvalue weighted by atomic mass is 10.2. The molecule has 0 radical (unpaired) electrons. The highest BCUT2D eigenvalue weighted by Crippen LogP contribution is 2.29. The molecule has 1 fully saturated rings. The van der Waals surface area contributed by atoms with E-state index in [1.54, 1.807) is 6.92 Å². The van der Waals surface area contributed by atoms with E-state index in [-0.39, 0.29) is 0 Å². The summed E-state index contributed by atoms with van der Waals surface area (Å²) in [5.74, 6) is 1.60. The highest BCUT2D eigenvalue weighted by atomic mass is 32.2. The molecule has 1 aliphatic carbocycles. The minimum absolute atomic E-state index is 0.339. The molecule has 0 N–H and O–H groups in total. The second-order valence-electron chi connectivity index (χ2n) is 3.94. The predicted octanol–water partition coefficient (Wildman–Crippen LogP) is 3.42. The van der Waals surface area contributed by atoms with Crippen molar-refractivity contribution in [1.82, 2.24) is 0 Å². The van der Waals surface area contributed by atoms with Gasteiger partial charge in [0.2, 0.25) is 0 Å². The van der Waals surface area contributed by atoms with Gasteiger partial charge >= 0.3 is 0 Å². The van der Waals surface area contributed by atoms with Crippen molar-refractivity contribution in [2.75, 3.05) is 5.75 Å². The third-order valence-electron chi connectivity index (χ3n) is 2.58. The summed E-state index contributed by atoms with van der Waals surface area (Å²) in [5, 5.41) is 0.942. The van der Waals surface area contributed by atoms with E-state index >= 15 is 0 Å². The minimum atomic E-state index is 0.339. The molecule has 1 nitrogen and oxygen atoms in total. The Hall–Kier alpha value is 0.0200. The Morgan fingerprint density at radius 1 is 1.31 bits per heavy atom. The molecule has 1 rings (SSSR count). The second-order valence-corrected chi connectivity index (χ2v) is 5.34. The summed E-state index contributed by atoms with van der Waals surface area (Å²) in [6.07, 6.45) is 8.83. The predicted molar refractivity (Wildman–Crippen MR) is 59.2 cm³/mol. The van der Waals surface area contributed by atoms with E-state index in [4.69, 9.17) is 0 Å². The molecule has 0 heterocycles. The van der Waals surface area contributed by atoms with Crippen molar-refractivity contribution < 1.29 is 4.79 Å². The molecule has 0 aliphatic heterocycles. The molecule has 76 valence electrons. The van der Waals surface area contributed by atoms with Crippen LogP contribution in [-0.4, -0.2) is 16.8 Å². The smallest absolute Gasteiger partial charge is 0.129 e. The number of carbonyl (C=O) groups excluding carboxylic acids is 1. The summed E-state index contributed by atoms with van der Waals surface area (Å²) < 4.78 is 0. The number of carbonyl (C=O) groups is 1.